The average Bonchev–Trinajstić information content (AvgIpc) is 2.80. The van der Waals surface area contributed by atoms with Crippen LogP contribution in [0, 0.1) is 0 Å². The first kappa shape index (κ1) is 15.5. The van der Waals surface area contributed by atoms with Gasteiger partial charge in [-0.2, -0.15) is 13.2 Å². The first-order chi connectivity index (χ1) is 11.3. The van der Waals surface area contributed by atoms with Crippen molar-refractivity contribution in [3.63, 3.8) is 0 Å². The number of rotatable bonds is 1. The summed E-state index contributed by atoms with van der Waals surface area (Å²) in [5.74, 6) is 0.126. The topological polar surface area (TPSA) is 61.4 Å². The minimum atomic E-state index is -4.47. The molecule has 1 aromatic heterocycles. The number of aromatic nitrogens is 2. The molecule has 2 aliphatic heterocycles. The van der Waals surface area contributed by atoms with E-state index in [1.807, 2.05) is 0 Å². The average molecular weight is 341 g/mol. The molecule has 1 N–H and O–H groups in total. The smallest absolute Gasteiger partial charge is 0.336 e. The summed E-state index contributed by atoms with van der Waals surface area (Å²) in [5.41, 5.74) is -0.387. The molecule has 1 aromatic rings. The van der Waals surface area contributed by atoms with Gasteiger partial charge in [0.2, 0.25) is 5.95 Å². The molecule has 24 heavy (non-hydrogen) atoms. The van der Waals surface area contributed by atoms with Crippen molar-refractivity contribution in [2.24, 2.45) is 0 Å². The number of carbonyl (C=O) groups is 1. The molecule has 1 spiro atoms. The minimum absolute atomic E-state index is 0.126. The SMILES string of the molecule is CN1C(=O)NCC12CN(c1nc3c(c(C(F)(F)F)n1)CCCC3)C2. The number of urea groups is 1. The normalized spacial score (nSPS) is 22.4. The molecule has 0 atom stereocenters. The molecule has 0 bridgehead atoms. The van der Waals surface area contributed by atoms with Crippen LogP contribution in [0.3, 0.4) is 0 Å². The number of halogens is 3. The number of nitrogens with zero attached hydrogens (tertiary/aromatic N) is 4. The lowest BCUT2D eigenvalue weighted by Gasteiger charge is -2.50. The van der Waals surface area contributed by atoms with Gasteiger partial charge in [-0.1, -0.05) is 0 Å². The van der Waals surface area contributed by atoms with Crippen molar-refractivity contribution in [1.29, 1.82) is 0 Å². The molecule has 0 saturated carbocycles. The number of hydrogen-bond acceptors (Lipinski definition) is 4. The maximum Gasteiger partial charge on any atom is 0.433 e. The molecule has 1 aliphatic carbocycles. The fraction of sp³-hybridized carbons (Fsp3) is 0.667. The van der Waals surface area contributed by atoms with Gasteiger partial charge in [-0.05, 0) is 25.7 Å². The predicted molar refractivity (Wildman–Crippen MR) is 79.8 cm³/mol. The summed E-state index contributed by atoms with van der Waals surface area (Å²) in [6.45, 7) is 1.38. The fourth-order valence-electron chi connectivity index (χ4n) is 3.78. The third kappa shape index (κ3) is 2.21. The van der Waals surface area contributed by atoms with E-state index in [4.69, 9.17) is 0 Å². The van der Waals surface area contributed by atoms with E-state index in [9.17, 15) is 18.0 Å². The molecule has 9 heteroatoms. The van der Waals surface area contributed by atoms with Crippen molar-refractivity contribution in [2.45, 2.75) is 37.4 Å². The zero-order valence-corrected chi connectivity index (χ0v) is 13.3. The molecule has 3 heterocycles. The molecular formula is C15H18F3N5O. The number of aryl methyl sites for hydroxylation is 1. The van der Waals surface area contributed by atoms with Gasteiger partial charge in [0.25, 0.3) is 0 Å². The van der Waals surface area contributed by atoms with Crippen LogP contribution in [0.1, 0.15) is 29.8 Å². The van der Waals surface area contributed by atoms with Crippen LogP contribution in [-0.4, -0.2) is 53.1 Å². The maximum absolute atomic E-state index is 13.4. The zero-order valence-electron chi connectivity index (χ0n) is 13.3. The van der Waals surface area contributed by atoms with Gasteiger partial charge in [0.15, 0.2) is 5.69 Å². The monoisotopic (exact) mass is 341 g/mol. The van der Waals surface area contributed by atoms with E-state index in [0.29, 0.717) is 38.2 Å². The number of carbonyl (C=O) groups excluding carboxylic acids is 1. The molecule has 3 aliphatic rings. The number of alkyl halides is 3. The second kappa shape index (κ2) is 4.97. The van der Waals surface area contributed by atoms with Crippen LogP contribution >= 0.6 is 0 Å². The third-order valence-corrected chi connectivity index (χ3v) is 5.28. The van der Waals surface area contributed by atoms with Crippen LogP contribution in [0.5, 0.6) is 0 Å². The van der Waals surface area contributed by atoms with Gasteiger partial charge in [0.1, 0.15) is 0 Å². The molecule has 0 aromatic carbocycles. The summed E-state index contributed by atoms with van der Waals surface area (Å²) in [5, 5.41) is 2.76. The minimum Gasteiger partial charge on any atom is -0.336 e. The second-order valence-corrected chi connectivity index (χ2v) is 6.80. The summed E-state index contributed by atoms with van der Waals surface area (Å²) in [6, 6.07) is -0.156. The quantitative estimate of drug-likeness (QED) is 0.843. The fourth-order valence-corrected chi connectivity index (χ4v) is 3.78. The number of fused-ring (bicyclic) bond motifs is 1. The second-order valence-electron chi connectivity index (χ2n) is 6.80. The Bertz CT molecular complexity index is 699. The first-order valence-corrected chi connectivity index (χ1v) is 8.04. The summed E-state index contributed by atoms with van der Waals surface area (Å²) in [6.07, 6.45) is -1.93. The third-order valence-electron chi connectivity index (χ3n) is 5.28. The van der Waals surface area contributed by atoms with Crippen molar-refractivity contribution in [3.05, 3.63) is 17.0 Å². The molecular weight excluding hydrogens is 323 g/mol. The van der Waals surface area contributed by atoms with E-state index in [1.165, 1.54) is 0 Å². The van der Waals surface area contributed by atoms with E-state index < -0.39 is 11.9 Å². The van der Waals surface area contributed by atoms with Crippen LogP contribution in [0.2, 0.25) is 0 Å². The molecule has 130 valence electrons. The van der Waals surface area contributed by atoms with Crippen LogP contribution in [-0.2, 0) is 19.0 Å². The van der Waals surface area contributed by atoms with Gasteiger partial charge in [-0.25, -0.2) is 14.8 Å². The number of likely N-dealkylation sites (N-methyl/N-ethyl adjacent to an activating group) is 1. The number of nitrogens with one attached hydrogen (secondary N) is 1. The summed E-state index contributed by atoms with van der Waals surface area (Å²) in [7, 11) is 1.70. The van der Waals surface area contributed by atoms with E-state index in [0.717, 1.165) is 12.8 Å². The van der Waals surface area contributed by atoms with E-state index in [-0.39, 0.29) is 23.1 Å². The van der Waals surface area contributed by atoms with E-state index in [1.54, 1.807) is 16.8 Å². The zero-order chi connectivity index (χ0) is 17.1. The highest BCUT2D eigenvalue weighted by molar-refractivity contribution is 5.78. The van der Waals surface area contributed by atoms with Gasteiger partial charge >= 0.3 is 12.2 Å². The van der Waals surface area contributed by atoms with Crippen LogP contribution in [0.15, 0.2) is 0 Å². The molecule has 0 unspecified atom stereocenters. The summed E-state index contributed by atoms with van der Waals surface area (Å²) >= 11 is 0. The summed E-state index contributed by atoms with van der Waals surface area (Å²) < 4.78 is 40.1. The number of hydrogen-bond donors (Lipinski definition) is 1. The van der Waals surface area contributed by atoms with Gasteiger partial charge in [-0.3, -0.25) is 0 Å². The lowest BCUT2D eigenvalue weighted by Crippen LogP contribution is -2.69. The molecule has 2 amide bonds. The highest BCUT2D eigenvalue weighted by Gasteiger charge is 2.53. The van der Waals surface area contributed by atoms with Crippen molar-refractivity contribution >= 4 is 12.0 Å². The largest absolute Gasteiger partial charge is 0.433 e. The van der Waals surface area contributed by atoms with Crippen LogP contribution in [0.25, 0.3) is 0 Å². The van der Waals surface area contributed by atoms with Gasteiger partial charge in [-0.15, -0.1) is 0 Å². The van der Waals surface area contributed by atoms with Crippen molar-refractivity contribution < 1.29 is 18.0 Å². The Hall–Kier alpha value is -2.06. The number of amides is 2. The van der Waals surface area contributed by atoms with Crippen molar-refractivity contribution in [1.82, 2.24) is 20.2 Å². The molecule has 6 nitrogen and oxygen atoms in total. The Balaban J connectivity index is 1.64. The molecule has 0 radical (unpaired) electrons. The molecule has 2 fully saturated rings. The Kier molecular flexibility index (Phi) is 3.20. The van der Waals surface area contributed by atoms with Gasteiger partial charge in [0.05, 0.1) is 5.54 Å². The van der Waals surface area contributed by atoms with E-state index >= 15 is 0 Å². The molecule has 4 rings (SSSR count). The first-order valence-electron chi connectivity index (χ1n) is 8.04. The van der Waals surface area contributed by atoms with Gasteiger partial charge < -0.3 is 15.1 Å². The maximum atomic E-state index is 13.4. The van der Waals surface area contributed by atoms with Crippen molar-refractivity contribution in [2.75, 3.05) is 31.6 Å². The Morgan fingerprint density at radius 1 is 1.17 bits per heavy atom. The number of anilines is 1. The predicted octanol–water partition coefficient (Wildman–Crippen LogP) is 1.59. The Labute approximate surface area is 137 Å². The van der Waals surface area contributed by atoms with Gasteiger partial charge in [0, 0.05) is 37.9 Å². The highest BCUT2D eigenvalue weighted by atomic mass is 19.4. The molecule has 2 saturated heterocycles. The lowest BCUT2D eigenvalue weighted by molar-refractivity contribution is -0.142. The van der Waals surface area contributed by atoms with E-state index in [2.05, 4.69) is 15.3 Å². The lowest BCUT2D eigenvalue weighted by atomic mass is 9.89. The Morgan fingerprint density at radius 2 is 1.88 bits per heavy atom. The standard InChI is InChI=1S/C15H18F3N5O/c1-22-13(24)19-6-14(22)7-23(8-14)12-20-10-5-3-2-4-9(10)11(21-12)15(16,17)18/h2-8H2,1H3,(H,19,24). The Morgan fingerprint density at radius 3 is 2.50 bits per heavy atom. The van der Waals surface area contributed by atoms with Crippen LogP contribution in [0.4, 0.5) is 23.9 Å². The highest BCUT2D eigenvalue weighted by Crippen LogP contribution is 2.38. The van der Waals surface area contributed by atoms with Crippen LogP contribution < -0.4 is 10.2 Å². The van der Waals surface area contributed by atoms with Crippen molar-refractivity contribution in [3.8, 4) is 0 Å². The summed E-state index contributed by atoms with van der Waals surface area (Å²) in [4.78, 5) is 23.2.